The molecule has 6 nitrogen and oxygen atoms in total. The molecule has 0 bridgehead atoms. The van der Waals surface area contributed by atoms with Crippen LogP contribution in [0.5, 0.6) is 0 Å². The van der Waals surface area contributed by atoms with Gasteiger partial charge in [0.25, 0.3) is 5.69 Å². The SMILES string of the molecule is O=c1cc(CNc2c(Cl)cc([N+](=O)[O-])cc2Cl)c2ccccc2[nH]1. The number of hydrogen-bond acceptors (Lipinski definition) is 4. The number of aromatic nitrogens is 1. The van der Waals surface area contributed by atoms with Gasteiger partial charge in [-0.3, -0.25) is 14.9 Å². The Morgan fingerprint density at radius 3 is 2.46 bits per heavy atom. The summed E-state index contributed by atoms with van der Waals surface area (Å²) in [5.41, 5.74) is 1.47. The molecule has 3 aromatic rings. The molecule has 0 spiro atoms. The van der Waals surface area contributed by atoms with E-state index >= 15 is 0 Å². The zero-order chi connectivity index (χ0) is 17.3. The topological polar surface area (TPSA) is 88.0 Å². The Labute approximate surface area is 146 Å². The first-order chi connectivity index (χ1) is 11.5. The van der Waals surface area contributed by atoms with Gasteiger partial charge in [-0.25, -0.2) is 0 Å². The molecule has 1 aromatic heterocycles. The van der Waals surface area contributed by atoms with Crippen molar-refractivity contribution in [2.45, 2.75) is 6.54 Å². The van der Waals surface area contributed by atoms with Gasteiger partial charge < -0.3 is 10.3 Å². The van der Waals surface area contributed by atoms with Gasteiger partial charge in [0.15, 0.2) is 0 Å². The van der Waals surface area contributed by atoms with Gasteiger partial charge in [0.2, 0.25) is 5.56 Å². The number of nitrogens with zero attached hydrogens (tertiary/aromatic N) is 1. The summed E-state index contributed by atoms with van der Waals surface area (Å²) < 4.78 is 0. The summed E-state index contributed by atoms with van der Waals surface area (Å²) in [5, 5.41) is 15.0. The van der Waals surface area contributed by atoms with E-state index in [4.69, 9.17) is 23.2 Å². The van der Waals surface area contributed by atoms with Crippen LogP contribution in [-0.4, -0.2) is 9.91 Å². The van der Waals surface area contributed by atoms with Crippen molar-refractivity contribution in [2.24, 2.45) is 0 Å². The number of para-hydroxylation sites is 1. The number of nitrogens with one attached hydrogen (secondary N) is 2. The number of benzene rings is 2. The average Bonchev–Trinajstić information content (AvgIpc) is 2.53. The fraction of sp³-hybridized carbons (Fsp3) is 0.0625. The number of fused-ring (bicyclic) bond motifs is 1. The number of aromatic amines is 1. The third-order valence-corrected chi connectivity index (χ3v) is 4.13. The molecule has 24 heavy (non-hydrogen) atoms. The smallest absolute Gasteiger partial charge is 0.272 e. The molecule has 3 rings (SSSR count). The molecule has 1 heterocycles. The van der Waals surface area contributed by atoms with Crippen molar-refractivity contribution < 1.29 is 4.92 Å². The Kier molecular flexibility index (Phi) is 4.42. The molecule has 2 N–H and O–H groups in total. The van der Waals surface area contributed by atoms with Crippen LogP contribution in [0.3, 0.4) is 0 Å². The van der Waals surface area contributed by atoms with E-state index in [-0.39, 0.29) is 21.3 Å². The van der Waals surface area contributed by atoms with E-state index in [1.165, 1.54) is 18.2 Å². The van der Waals surface area contributed by atoms with E-state index in [9.17, 15) is 14.9 Å². The maximum absolute atomic E-state index is 11.8. The summed E-state index contributed by atoms with van der Waals surface area (Å²) in [6.07, 6.45) is 0. The van der Waals surface area contributed by atoms with Crippen LogP contribution in [0, 0.1) is 10.1 Å². The molecule has 0 radical (unpaired) electrons. The maximum Gasteiger partial charge on any atom is 0.272 e. The van der Waals surface area contributed by atoms with Crippen molar-refractivity contribution in [3.05, 3.63) is 78.5 Å². The molecule has 0 fully saturated rings. The fourth-order valence-electron chi connectivity index (χ4n) is 2.44. The lowest BCUT2D eigenvalue weighted by molar-refractivity contribution is -0.384. The summed E-state index contributed by atoms with van der Waals surface area (Å²) in [7, 11) is 0. The van der Waals surface area contributed by atoms with E-state index in [1.807, 2.05) is 24.3 Å². The van der Waals surface area contributed by atoms with E-state index < -0.39 is 4.92 Å². The number of non-ortho nitro benzene ring substituents is 1. The highest BCUT2D eigenvalue weighted by Gasteiger charge is 2.15. The van der Waals surface area contributed by atoms with E-state index in [0.29, 0.717) is 12.2 Å². The highest BCUT2D eigenvalue weighted by molar-refractivity contribution is 6.39. The number of nitro groups is 1. The van der Waals surface area contributed by atoms with E-state index in [0.717, 1.165) is 16.5 Å². The standard InChI is InChI=1S/C16H11Cl2N3O3/c17-12-6-10(21(23)24)7-13(18)16(12)19-8-9-5-15(22)20-14-4-2-1-3-11(9)14/h1-7,19H,8H2,(H,20,22). The molecule has 8 heteroatoms. The Balaban J connectivity index is 1.95. The Morgan fingerprint density at radius 1 is 1.12 bits per heavy atom. The van der Waals surface area contributed by atoms with Gasteiger partial charge >= 0.3 is 0 Å². The number of H-pyrrole nitrogens is 1. The lowest BCUT2D eigenvalue weighted by Crippen LogP contribution is -2.09. The highest BCUT2D eigenvalue weighted by Crippen LogP contribution is 2.35. The zero-order valence-corrected chi connectivity index (χ0v) is 13.7. The maximum atomic E-state index is 11.8. The van der Waals surface area contributed by atoms with Crippen molar-refractivity contribution >= 4 is 45.5 Å². The second-order valence-corrected chi connectivity index (χ2v) is 5.91. The molecule has 0 aliphatic heterocycles. The molecular formula is C16H11Cl2N3O3. The fourth-order valence-corrected chi connectivity index (χ4v) is 3.05. The van der Waals surface area contributed by atoms with Crippen LogP contribution in [0.1, 0.15) is 5.56 Å². The van der Waals surface area contributed by atoms with Gasteiger partial charge in [0.1, 0.15) is 0 Å². The molecule has 0 aliphatic rings. The summed E-state index contributed by atoms with van der Waals surface area (Å²) in [5.74, 6) is 0. The molecule has 122 valence electrons. The van der Waals surface area contributed by atoms with Crippen LogP contribution in [-0.2, 0) is 6.54 Å². The van der Waals surface area contributed by atoms with Crippen molar-refractivity contribution in [2.75, 3.05) is 5.32 Å². The number of halogens is 2. The Bertz CT molecular complexity index is 978. The predicted octanol–water partition coefficient (Wildman–Crippen LogP) is 4.36. The summed E-state index contributed by atoms with van der Waals surface area (Å²) in [6, 6.07) is 11.4. The highest BCUT2D eigenvalue weighted by atomic mass is 35.5. The van der Waals surface area contributed by atoms with Gasteiger partial charge in [-0.2, -0.15) is 0 Å². The zero-order valence-electron chi connectivity index (χ0n) is 12.2. The largest absolute Gasteiger partial charge is 0.379 e. The second-order valence-electron chi connectivity index (χ2n) is 5.10. The first-order valence-electron chi connectivity index (χ1n) is 6.94. The van der Waals surface area contributed by atoms with Crippen molar-refractivity contribution in [1.29, 1.82) is 0 Å². The lowest BCUT2D eigenvalue weighted by atomic mass is 10.1. The minimum absolute atomic E-state index is 0.142. The normalized spacial score (nSPS) is 10.8. The van der Waals surface area contributed by atoms with Gasteiger partial charge in [-0.05, 0) is 11.6 Å². The minimum atomic E-state index is -0.564. The van der Waals surface area contributed by atoms with Crippen molar-refractivity contribution in [1.82, 2.24) is 4.98 Å². The van der Waals surface area contributed by atoms with E-state index in [2.05, 4.69) is 10.3 Å². The van der Waals surface area contributed by atoms with Crippen LogP contribution >= 0.6 is 23.2 Å². The molecular weight excluding hydrogens is 353 g/mol. The van der Waals surface area contributed by atoms with Crippen molar-refractivity contribution in [3.8, 4) is 0 Å². The number of pyridine rings is 1. The van der Waals surface area contributed by atoms with Crippen molar-refractivity contribution in [3.63, 3.8) is 0 Å². The van der Waals surface area contributed by atoms with Crippen LogP contribution < -0.4 is 10.9 Å². The molecule has 0 atom stereocenters. The minimum Gasteiger partial charge on any atom is -0.379 e. The summed E-state index contributed by atoms with van der Waals surface area (Å²) in [6.45, 7) is 0.293. The molecule has 0 aliphatic carbocycles. The molecule has 0 unspecified atom stereocenters. The first-order valence-corrected chi connectivity index (χ1v) is 7.69. The number of hydrogen-bond donors (Lipinski definition) is 2. The van der Waals surface area contributed by atoms with Crippen LogP contribution in [0.4, 0.5) is 11.4 Å². The van der Waals surface area contributed by atoms with E-state index in [1.54, 1.807) is 0 Å². The summed E-state index contributed by atoms with van der Waals surface area (Å²) >= 11 is 12.2. The monoisotopic (exact) mass is 363 g/mol. The average molecular weight is 364 g/mol. The van der Waals surface area contributed by atoms with Gasteiger partial charge in [-0.1, -0.05) is 41.4 Å². The molecule has 0 saturated heterocycles. The Morgan fingerprint density at radius 2 is 1.79 bits per heavy atom. The molecule has 2 aromatic carbocycles. The van der Waals surface area contributed by atoms with Crippen LogP contribution in [0.25, 0.3) is 10.9 Å². The van der Waals surface area contributed by atoms with Gasteiger partial charge in [-0.15, -0.1) is 0 Å². The molecule has 0 saturated carbocycles. The lowest BCUT2D eigenvalue weighted by Gasteiger charge is -2.12. The first kappa shape index (κ1) is 16.3. The van der Waals surface area contributed by atoms with Gasteiger partial charge in [0, 0.05) is 35.6 Å². The quantitative estimate of drug-likeness (QED) is 0.532. The second kappa shape index (κ2) is 6.51. The number of anilines is 1. The number of rotatable bonds is 4. The number of nitro benzene ring substituents is 1. The third kappa shape index (κ3) is 3.20. The van der Waals surface area contributed by atoms with Crippen LogP contribution in [0.2, 0.25) is 10.0 Å². The third-order valence-electron chi connectivity index (χ3n) is 3.53. The predicted molar refractivity (Wildman–Crippen MR) is 95.0 cm³/mol. The van der Waals surface area contributed by atoms with Gasteiger partial charge in [0.05, 0.1) is 20.7 Å². The Hall–Kier alpha value is -2.57. The van der Waals surface area contributed by atoms with Crippen LogP contribution in [0.15, 0.2) is 47.3 Å². The molecule has 0 amide bonds. The summed E-state index contributed by atoms with van der Waals surface area (Å²) in [4.78, 5) is 24.8.